The van der Waals surface area contributed by atoms with Crippen molar-refractivity contribution in [3.63, 3.8) is 0 Å². The minimum Gasteiger partial charge on any atom is -0.507 e. The molecular formula is C21H24N2O4. The molecule has 0 aromatic heterocycles. The molecule has 1 heterocycles. The first-order valence-electron chi connectivity index (χ1n) is 9.06. The number of carbonyl (C=O) groups excluding carboxylic acids is 2. The Morgan fingerprint density at radius 1 is 1.15 bits per heavy atom. The van der Waals surface area contributed by atoms with Crippen molar-refractivity contribution in [1.29, 1.82) is 0 Å². The second-order valence-electron chi connectivity index (χ2n) is 6.65. The number of likely N-dealkylation sites (tertiary alicyclic amines) is 1. The molecule has 2 aromatic rings. The molecule has 2 amide bonds. The molecule has 0 spiro atoms. The van der Waals surface area contributed by atoms with E-state index in [2.05, 4.69) is 5.32 Å². The molecule has 142 valence electrons. The van der Waals surface area contributed by atoms with Crippen molar-refractivity contribution < 1.29 is 19.4 Å². The van der Waals surface area contributed by atoms with E-state index in [0.717, 1.165) is 5.56 Å². The number of methoxy groups -OCH3 is 1. The van der Waals surface area contributed by atoms with Crippen LogP contribution in [0.3, 0.4) is 0 Å². The third-order valence-electron chi connectivity index (χ3n) is 4.90. The number of ether oxygens (including phenoxy) is 1. The summed E-state index contributed by atoms with van der Waals surface area (Å²) in [6, 6.07) is 14.4. The van der Waals surface area contributed by atoms with Crippen LogP contribution >= 0.6 is 0 Å². The van der Waals surface area contributed by atoms with Crippen LogP contribution in [-0.2, 0) is 11.3 Å². The average molecular weight is 368 g/mol. The van der Waals surface area contributed by atoms with Gasteiger partial charge in [0.05, 0.1) is 12.7 Å². The van der Waals surface area contributed by atoms with Crippen LogP contribution in [0, 0.1) is 5.92 Å². The molecule has 2 N–H and O–H groups in total. The minimum atomic E-state index is -0.224. The maximum Gasteiger partial charge on any atom is 0.257 e. The predicted octanol–water partition coefficient (Wildman–Crippen LogP) is 2.57. The summed E-state index contributed by atoms with van der Waals surface area (Å²) in [4.78, 5) is 26.7. The van der Waals surface area contributed by atoms with Crippen molar-refractivity contribution >= 4 is 11.8 Å². The van der Waals surface area contributed by atoms with Gasteiger partial charge in [0.15, 0.2) is 0 Å². The average Bonchev–Trinajstić information content (AvgIpc) is 2.72. The fourth-order valence-electron chi connectivity index (χ4n) is 3.26. The van der Waals surface area contributed by atoms with Crippen molar-refractivity contribution in [2.75, 3.05) is 20.2 Å². The molecule has 3 rings (SSSR count). The zero-order valence-electron chi connectivity index (χ0n) is 15.4. The highest BCUT2D eigenvalue weighted by atomic mass is 16.5. The second-order valence-corrected chi connectivity index (χ2v) is 6.65. The van der Waals surface area contributed by atoms with E-state index in [1.165, 1.54) is 13.2 Å². The van der Waals surface area contributed by atoms with E-state index in [-0.39, 0.29) is 29.0 Å². The second kappa shape index (κ2) is 8.58. The normalized spacial score (nSPS) is 14.6. The van der Waals surface area contributed by atoms with Crippen molar-refractivity contribution in [2.24, 2.45) is 5.92 Å². The van der Waals surface area contributed by atoms with Crippen LogP contribution in [0.25, 0.3) is 0 Å². The fourth-order valence-corrected chi connectivity index (χ4v) is 3.26. The summed E-state index contributed by atoms with van der Waals surface area (Å²) in [5.41, 5.74) is 1.32. The van der Waals surface area contributed by atoms with E-state index in [1.807, 2.05) is 30.3 Å². The van der Waals surface area contributed by atoms with Gasteiger partial charge in [-0.1, -0.05) is 30.3 Å². The molecule has 6 heteroatoms. The van der Waals surface area contributed by atoms with Crippen LogP contribution in [0.2, 0.25) is 0 Å². The number of aromatic hydroxyl groups is 1. The molecule has 2 aromatic carbocycles. The van der Waals surface area contributed by atoms with E-state index < -0.39 is 0 Å². The van der Waals surface area contributed by atoms with Crippen molar-refractivity contribution in [2.45, 2.75) is 19.4 Å². The lowest BCUT2D eigenvalue weighted by molar-refractivity contribution is -0.126. The van der Waals surface area contributed by atoms with Crippen LogP contribution < -0.4 is 10.1 Å². The number of nitrogens with one attached hydrogen (secondary N) is 1. The molecule has 1 saturated heterocycles. The molecule has 27 heavy (non-hydrogen) atoms. The summed E-state index contributed by atoms with van der Waals surface area (Å²) in [7, 11) is 1.50. The Hall–Kier alpha value is -3.02. The number of hydrogen-bond acceptors (Lipinski definition) is 4. The zero-order valence-corrected chi connectivity index (χ0v) is 15.4. The maximum atomic E-state index is 12.6. The Morgan fingerprint density at radius 3 is 2.48 bits per heavy atom. The first-order chi connectivity index (χ1) is 13.1. The Balaban J connectivity index is 1.52. The third kappa shape index (κ3) is 4.58. The van der Waals surface area contributed by atoms with Crippen molar-refractivity contribution in [3.8, 4) is 11.5 Å². The quantitative estimate of drug-likeness (QED) is 0.850. The topological polar surface area (TPSA) is 78.9 Å². The number of hydrogen-bond donors (Lipinski definition) is 2. The summed E-state index contributed by atoms with van der Waals surface area (Å²) in [6.45, 7) is 1.50. The largest absolute Gasteiger partial charge is 0.507 e. The van der Waals surface area contributed by atoms with Gasteiger partial charge in [-0.25, -0.2) is 0 Å². The van der Waals surface area contributed by atoms with E-state index in [9.17, 15) is 14.7 Å². The number of carbonyl (C=O) groups is 2. The molecule has 0 radical (unpaired) electrons. The van der Waals surface area contributed by atoms with Gasteiger partial charge in [-0.2, -0.15) is 0 Å². The fraction of sp³-hybridized carbons (Fsp3) is 0.333. The molecule has 0 saturated carbocycles. The van der Waals surface area contributed by atoms with Gasteiger partial charge in [0.25, 0.3) is 5.91 Å². The Bertz CT molecular complexity index is 799. The van der Waals surface area contributed by atoms with Gasteiger partial charge in [-0.3, -0.25) is 9.59 Å². The number of benzene rings is 2. The lowest BCUT2D eigenvalue weighted by atomic mass is 9.95. The summed E-state index contributed by atoms with van der Waals surface area (Å²) in [5, 5.41) is 13.0. The van der Waals surface area contributed by atoms with Crippen molar-refractivity contribution in [1.82, 2.24) is 10.2 Å². The van der Waals surface area contributed by atoms with Crippen LogP contribution in [0.15, 0.2) is 48.5 Å². The van der Waals surface area contributed by atoms with Gasteiger partial charge >= 0.3 is 0 Å². The molecular weight excluding hydrogens is 344 g/mol. The molecule has 0 aliphatic carbocycles. The Labute approximate surface area is 158 Å². The monoisotopic (exact) mass is 368 g/mol. The van der Waals surface area contributed by atoms with Crippen LogP contribution in [0.4, 0.5) is 0 Å². The number of piperidine rings is 1. The smallest absolute Gasteiger partial charge is 0.257 e. The highest BCUT2D eigenvalue weighted by Crippen LogP contribution is 2.26. The number of rotatable bonds is 5. The first kappa shape index (κ1) is 18.8. The van der Waals surface area contributed by atoms with Gasteiger partial charge in [0, 0.05) is 31.6 Å². The number of amides is 2. The molecule has 1 fully saturated rings. The van der Waals surface area contributed by atoms with E-state index in [0.29, 0.717) is 38.2 Å². The third-order valence-corrected chi connectivity index (χ3v) is 4.90. The Morgan fingerprint density at radius 2 is 1.85 bits per heavy atom. The standard InChI is InChI=1S/C21H24N2O4/c1-27-17-7-8-18(19(24)13-17)21(26)23-11-9-16(10-12-23)20(25)22-14-15-5-3-2-4-6-15/h2-8,13,16,24H,9-12,14H2,1H3,(H,22,25). The van der Waals surface area contributed by atoms with Crippen LogP contribution in [0.1, 0.15) is 28.8 Å². The van der Waals surface area contributed by atoms with Gasteiger partial charge < -0.3 is 20.1 Å². The van der Waals surface area contributed by atoms with Crippen LogP contribution in [-0.4, -0.2) is 42.0 Å². The molecule has 0 unspecified atom stereocenters. The van der Waals surface area contributed by atoms with Gasteiger partial charge in [0.2, 0.25) is 5.91 Å². The van der Waals surface area contributed by atoms with E-state index in [1.54, 1.807) is 17.0 Å². The van der Waals surface area contributed by atoms with Gasteiger partial charge in [-0.15, -0.1) is 0 Å². The van der Waals surface area contributed by atoms with Crippen molar-refractivity contribution in [3.05, 3.63) is 59.7 Å². The lowest BCUT2D eigenvalue weighted by Crippen LogP contribution is -2.42. The van der Waals surface area contributed by atoms with Crippen LogP contribution in [0.5, 0.6) is 11.5 Å². The molecule has 0 bridgehead atoms. The number of nitrogens with zero attached hydrogens (tertiary/aromatic N) is 1. The van der Waals surface area contributed by atoms with E-state index in [4.69, 9.17) is 4.74 Å². The highest BCUT2D eigenvalue weighted by Gasteiger charge is 2.28. The molecule has 0 atom stereocenters. The number of phenolic OH excluding ortho intramolecular Hbond substituents is 1. The summed E-state index contributed by atoms with van der Waals surface area (Å²) in [6.07, 6.45) is 1.23. The highest BCUT2D eigenvalue weighted by molar-refractivity contribution is 5.97. The van der Waals surface area contributed by atoms with Gasteiger partial charge in [0.1, 0.15) is 11.5 Å². The summed E-state index contributed by atoms with van der Waals surface area (Å²) >= 11 is 0. The number of phenols is 1. The van der Waals surface area contributed by atoms with Gasteiger partial charge in [-0.05, 0) is 30.5 Å². The summed E-state index contributed by atoms with van der Waals surface area (Å²) < 4.78 is 5.04. The Kier molecular flexibility index (Phi) is 5.96. The summed E-state index contributed by atoms with van der Waals surface area (Å²) in [5.74, 6) is 0.110. The zero-order chi connectivity index (χ0) is 19.2. The lowest BCUT2D eigenvalue weighted by Gasteiger charge is -2.31. The molecule has 1 aliphatic heterocycles. The SMILES string of the molecule is COc1ccc(C(=O)N2CCC(C(=O)NCc3ccccc3)CC2)c(O)c1. The van der Waals surface area contributed by atoms with E-state index >= 15 is 0 Å². The minimum absolute atomic E-state index is 0.0262. The maximum absolute atomic E-state index is 12.6. The molecule has 6 nitrogen and oxygen atoms in total. The molecule has 1 aliphatic rings. The predicted molar refractivity (Wildman–Crippen MR) is 102 cm³/mol. The first-order valence-corrected chi connectivity index (χ1v) is 9.06.